The van der Waals surface area contributed by atoms with Crippen LogP contribution in [0.3, 0.4) is 0 Å². The molecule has 32 heavy (non-hydrogen) atoms. The average Bonchev–Trinajstić information content (AvgIpc) is 3.01. The Morgan fingerprint density at radius 3 is 2.53 bits per heavy atom. The van der Waals surface area contributed by atoms with Gasteiger partial charge in [-0.15, -0.1) is 0 Å². The molecule has 0 saturated carbocycles. The minimum atomic E-state index is -4.29. The number of carbonyl (C=O) groups excluding carboxylic acids is 1. The van der Waals surface area contributed by atoms with Gasteiger partial charge in [-0.05, 0) is 44.2 Å². The van der Waals surface area contributed by atoms with E-state index in [-0.39, 0.29) is 60.2 Å². The van der Waals surface area contributed by atoms with Crippen molar-refractivity contribution in [1.29, 1.82) is 0 Å². The molecule has 2 heterocycles. The number of fused-ring (bicyclic) bond motifs is 2. The molecule has 0 aliphatic carbocycles. The summed E-state index contributed by atoms with van der Waals surface area (Å²) in [5.41, 5.74) is 0.269. The molecule has 0 aliphatic heterocycles. The second-order valence-corrected chi connectivity index (χ2v) is 9.63. The van der Waals surface area contributed by atoms with Gasteiger partial charge in [-0.1, -0.05) is 29.3 Å². The number of para-hydroxylation sites is 1. The highest BCUT2D eigenvalue weighted by Crippen LogP contribution is 2.29. The Morgan fingerprint density at radius 2 is 1.91 bits per heavy atom. The number of aromatic nitrogens is 2. The van der Waals surface area contributed by atoms with Gasteiger partial charge in [0.2, 0.25) is 5.43 Å². The molecular weight excluding hydrogens is 477 g/mol. The van der Waals surface area contributed by atoms with Crippen LogP contribution >= 0.6 is 23.2 Å². The van der Waals surface area contributed by atoms with Crippen molar-refractivity contribution >= 4 is 61.1 Å². The molecule has 0 atom stereocenters. The summed E-state index contributed by atoms with van der Waals surface area (Å²) in [5, 5.41) is 4.59. The van der Waals surface area contributed by atoms with Crippen LogP contribution in [0.25, 0.3) is 21.9 Å². The number of carbonyl (C=O) groups is 1. The number of hydrogen-bond donors (Lipinski definition) is 0. The smallest absolute Gasteiger partial charge is 0.271 e. The van der Waals surface area contributed by atoms with E-state index in [1.807, 2.05) is 0 Å². The highest BCUT2D eigenvalue weighted by molar-refractivity contribution is 7.89. The maximum Gasteiger partial charge on any atom is 0.271 e. The molecule has 0 aliphatic rings. The fraction of sp³-hybridized carbons (Fsp3) is 0.190. The first-order valence-corrected chi connectivity index (χ1v) is 11.7. The number of benzene rings is 2. The second kappa shape index (κ2) is 7.91. The third-order valence-electron chi connectivity index (χ3n) is 5.06. The normalized spacial score (nSPS) is 11.9. The van der Waals surface area contributed by atoms with Crippen LogP contribution in [0.1, 0.15) is 23.0 Å². The van der Waals surface area contributed by atoms with Crippen LogP contribution in [-0.2, 0) is 17.1 Å². The molecule has 2 aromatic heterocycles. The molecule has 2 aromatic carbocycles. The summed E-state index contributed by atoms with van der Waals surface area (Å²) >= 11 is 12.3. The molecule has 4 aromatic rings. The second-order valence-electron chi connectivity index (χ2n) is 7.06. The Morgan fingerprint density at radius 1 is 1.19 bits per heavy atom. The van der Waals surface area contributed by atoms with E-state index in [2.05, 4.69) is 5.10 Å². The Labute approximate surface area is 193 Å². The lowest BCUT2D eigenvalue weighted by molar-refractivity contribution is 0.0866. The van der Waals surface area contributed by atoms with E-state index in [0.29, 0.717) is 4.31 Å². The molecule has 0 N–H and O–H groups in total. The minimum absolute atomic E-state index is 0.00858. The Bertz CT molecular complexity index is 1570. The summed E-state index contributed by atoms with van der Waals surface area (Å²) in [6.07, 6.45) is 0. The van der Waals surface area contributed by atoms with Crippen molar-refractivity contribution in [2.75, 3.05) is 6.54 Å². The molecule has 4 rings (SSSR count). The van der Waals surface area contributed by atoms with Crippen LogP contribution in [0.5, 0.6) is 0 Å². The number of rotatable bonds is 4. The fourth-order valence-corrected chi connectivity index (χ4v) is 5.88. The number of sulfonamides is 1. The fourth-order valence-electron chi connectivity index (χ4n) is 3.56. The molecule has 0 radical (unpaired) electrons. The molecule has 8 nitrogen and oxygen atoms in total. The standard InChI is InChI=1S/C21H17Cl2N3O5S/c1-4-26(32(29,30)19-11(2)24-25(3)20(19)23)21(28)12-8-9-16-14(10-12)17(27)13-6-5-7-15(22)18(13)31-16/h5-10H,4H2,1-3H3. The predicted molar refractivity (Wildman–Crippen MR) is 122 cm³/mol. The van der Waals surface area contributed by atoms with Crippen LogP contribution < -0.4 is 5.43 Å². The maximum atomic E-state index is 13.2. The van der Waals surface area contributed by atoms with Gasteiger partial charge in [0.05, 0.1) is 21.5 Å². The van der Waals surface area contributed by atoms with Gasteiger partial charge < -0.3 is 4.42 Å². The molecule has 0 fully saturated rings. The number of aryl methyl sites for hydroxylation is 2. The molecular formula is C21H17Cl2N3O5S. The summed E-state index contributed by atoms with van der Waals surface area (Å²) in [5.74, 6) is -0.806. The van der Waals surface area contributed by atoms with E-state index in [1.54, 1.807) is 18.2 Å². The van der Waals surface area contributed by atoms with Crippen molar-refractivity contribution in [2.45, 2.75) is 18.7 Å². The number of hydrogen-bond acceptors (Lipinski definition) is 6. The van der Waals surface area contributed by atoms with Crippen molar-refractivity contribution in [3.63, 3.8) is 0 Å². The first-order valence-electron chi connectivity index (χ1n) is 9.49. The van der Waals surface area contributed by atoms with Crippen LogP contribution in [0.15, 0.2) is 50.5 Å². The molecule has 166 valence electrons. The topological polar surface area (TPSA) is 102 Å². The van der Waals surface area contributed by atoms with Crippen molar-refractivity contribution in [3.05, 3.63) is 68.1 Å². The molecule has 0 unspecified atom stereocenters. The van der Waals surface area contributed by atoms with Crippen molar-refractivity contribution < 1.29 is 17.6 Å². The highest BCUT2D eigenvalue weighted by atomic mass is 35.5. The Hall–Kier alpha value is -2.88. The SMILES string of the molecule is CCN(C(=O)c1ccc2oc3c(Cl)cccc3c(=O)c2c1)S(=O)(=O)c1c(C)nn(C)c1Cl. The van der Waals surface area contributed by atoms with Gasteiger partial charge >= 0.3 is 0 Å². The van der Waals surface area contributed by atoms with E-state index >= 15 is 0 Å². The Balaban J connectivity index is 1.86. The van der Waals surface area contributed by atoms with Gasteiger partial charge in [0.1, 0.15) is 15.6 Å². The molecule has 0 bridgehead atoms. The number of amides is 1. The van der Waals surface area contributed by atoms with E-state index in [0.717, 1.165) is 0 Å². The zero-order valence-electron chi connectivity index (χ0n) is 17.2. The number of halogens is 2. The quantitative estimate of drug-likeness (QED) is 0.395. The number of nitrogens with zero attached hydrogens (tertiary/aromatic N) is 3. The minimum Gasteiger partial charge on any atom is -0.454 e. The Kier molecular flexibility index (Phi) is 5.52. The van der Waals surface area contributed by atoms with Gasteiger partial charge in [0.15, 0.2) is 5.58 Å². The van der Waals surface area contributed by atoms with Crippen LogP contribution in [0.4, 0.5) is 0 Å². The summed E-state index contributed by atoms with van der Waals surface area (Å²) in [6, 6.07) is 8.94. The van der Waals surface area contributed by atoms with Gasteiger partial charge in [0, 0.05) is 19.2 Å². The molecule has 1 amide bonds. The van der Waals surface area contributed by atoms with Crippen molar-refractivity contribution in [1.82, 2.24) is 14.1 Å². The summed E-state index contributed by atoms with van der Waals surface area (Å²) in [7, 11) is -2.79. The van der Waals surface area contributed by atoms with Crippen molar-refractivity contribution in [2.24, 2.45) is 7.05 Å². The van der Waals surface area contributed by atoms with Crippen LogP contribution in [0, 0.1) is 6.92 Å². The van der Waals surface area contributed by atoms with E-state index in [4.69, 9.17) is 27.6 Å². The lowest BCUT2D eigenvalue weighted by Crippen LogP contribution is -2.37. The predicted octanol–water partition coefficient (Wildman–Crippen LogP) is 4.15. The molecule has 0 spiro atoms. The maximum absolute atomic E-state index is 13.2. The third-order valence-corrected chi connectivity index (χ3v) is 7.91. The monoisotopic (exact) mass is 493 g/mol. The zero-order chi connectivity index (χ0) is 23.4. The van der Waals surface area contributed by atoms with E-state index in [9.17, 15) is 18.0 Å². The summed E-state index contributed by atoms with van der Waals surface area (Å²) < 4.78 is 34.2. The average molecular weight is 494 g/mol. The molecule has 11 heteroatoms. The first-order chi connectivity index (χ1) is 15.1. The van der Waals surface area contributed by atoms with Crippen LogP contribution in [0.2, 0.25) is 10.2 Å². The lowest BCUT2D eigenvalue weighted by atomic mass is 10.1. The van der Waals surface area contributed by atoms with E-state index < -0.39 is 15.9 Å². The van der Waals surface area contributed by atoms with Gasteiger partial charge in [-0.3, -0.25) is 14.3 Å². The van der Waals surface area contributed by atoms with Gasteiger partial charge in [-0.25, -0.2) is 12.7 Å². The van der Waals surface area contributed by atoms with Crippen molar-refractivity contribution in [3.8, 4) is 0 Å². The van der Waals surface area contributed by atoms with Crippen LogP contribution in [-0.4, -0.2) is 35.0 Å². The zero-order valence-corrected chi connectivity index (χ0v) is 19.5. The third kappa shape index (κ3) is 3.37. The largest absolute Gasteiger partial charge is 0.454 e. The van der Waals surface area contributed by atoms with Gasteiger partial charge in [0.25, 0.3) is 15.9 Å². The lowest BCUT2D eigenvalue weighted by Gasteiger charge is -2.21. The van der Waals surface area contributed by atoms with E-state index in [1.165, 1.54) is 43.8 Å². The first kappa shape index (κ1) is 22.3. The highest BCUT2D eigenvalue weighted by Gasteiger charge is 2.34. The summed E-state index contributed by atoms with van der Waals surface area (Å²) in [6.45, 7) is 2.88. The summed E-state index contributed by atoms with van der Waals surface area (Å²) in [4.78, 5) is 26.0. The van der Waals surface area contributed by atoms with Gasteiger partial charge in [-0.2, -0.15) is 5.10 Å². The molecule has 0 saturated heterocycles.